The fourth-order valence-electron chi connectivity index (χ4n) is 3.41. The van der Waals surface area contributed by atoms with Crippen LogP contribution in [0.3, 0.4) is 0 Å². The molecule has 3 aromatic rings. The molecule has 4 rings (SSSR count). The van der Waals surface area contributed by atoms with Gasteiger partial charge in [-0.2, -0.15) is 4.98 Å². The van der Waals surface area contributed by atoms with Crippen LogP contribution in [0.4, 0.5) is 8.78 Å². The first-order chi connectivity index (χ1) is 12.7. The van der Waals surface area contributed by atoms with Crippen LogP contribution in [-0.4, -0.2) is 27.6 Å². The lowest BCUT2D eigenvalue weighted by Crippen LogP contribution is -2.30. The number of hydrogen-bond acceptors (Lipinski definition) is 4. The van der Waals surface area contributed by atoms with Gasteiger partial charge in [0.05, 0.1) is 0 Å². The monoisotopic (exact) mass is 355 g/mol. The number of likely N-dealkylation sites (tertiary alicyclic amines) is 1. The zero-order chi connectivity index (χ0) is 17.9. The van der Waals surface area contributed by atoms with Crippen LogP contribution in [0.2, 0.25) is 0 Å². The van der Waals surface area contributed by atoms with Crippen molar-refractivity contribution in [1.29, 1.82) is 0 Å². The van der Waals surface area contributed by atoms with Crippen molar-refractivity contribution in [1.82, 2.24) is 15.0 Å². The summed E-state index contributed by atoms with van der Waals surface area (Å²) >= 11 is 0. The molecule has 1 aromatic heterocycles. The number of nitrogens with zero attached hydrogens (tertiary/aromatic N) is 3. The van der Waals surface area contributed by atoms with Crippen LogP contribution >= 0.6 is 0 Å². The molecule has 0 bridgehead atoms. The molecule has 1 aliphatic rings. The molecule has 134 valence electrons. The zero-order valence-corrected chi connectivity index (χ0v) is 14.2. The standard InChI is InChI=1S/C20H19F2N3O/c21-16-7-3-14(4-8-16)13-25-11-1-2-18(25)12-19-23-20(24-26-19)15-5-9-17(22)10-6-15/h3-10,18H,1-2,11-13H2. The van der Waals surface area contributed by atoms with Crippen LogP contribution in [0.1, 0.15) is 24.3 Å². The maximum Gasteiger partial charge on any atom is 0.228 e. The van der Waals surface area contributed by atoms with E-state index in [0.29, 0.717) is 24.2 Å². The number of hydrogen-bond donors (Lipinski definition) is 0. The van der Waals surface area contributed by atoms with Gasteiger partial charge in [0.2, 0.25) is 11.7 Å². The van der Waals surface area contributed by atoms with Crippen molar-refractivity contribution in [2.75, 3.05) is 6.54 Å². The van der Waals surface area contributed by atoms with Gasteiger partial charge in [0.15, 0.2) is 0 Å². The lowest BCUT2D eigenvalue weighted by molar-refractivity contribution is 0.228. The van der Waals surface area contributed by atoms with Gasteiger partial charge >= 0.3 is 0 Å². The van der Waals surface area contributed by atoms with Gasteiger partial charge < -0.3 is 4.52 Å². The van der Waals surface area contributed by atoms with Gasteiger partial charge in [-0.1, -0.05) is 17.3 Å². The van der Waals surface area contributed by atoms with Crippen molar-refractivity contribution >= 4 is 0 Å². The van der Waals surface area contributed by atoms with Crippen molar-refractivity contribution in [2.45, 2.75) is 31.8 Å². The predicted octanol–water partition coefficient (Wildman–Crippen LogP) is 4.22. The Labute approximate surface area is 150 Å². The van der Waals surface area contributed by atoms with E-state index < -0.39 is 0 Å². The van der Waals surface area contributed by atoms with Crippen LogP contribution in [0, 0.1) is 11.6 Å². The quantitative estimate of drug-likeness (QED) is 0.687. The minimum atomic E-state index is -0.292. The molecule has 1 saturated heterocycles. The Kier molecular flexibility index (Phi) is 4.75. The highest BCUT2D eigenvalue weighted by atomic mass is 19.1. The van der Waals surface area contributed by atoms with Crippen LogP contribution in [0.25, 0.3) is 11.4 Å². The van der Waals surface area contributed by atoms with Crippen LogP contribution < -0.4 is 0 Å². The fourth-order valence-corrected chi connectivity index (χ4v) is 3.41. The van der Waals surface area contributed by atoms with Crippen molar-refractivity contribution < 1.29 is 13.3 Å². The predicted molar refractivity (Wildman–Crippen MR) is 93.2 cm³/mol. The molecule has 0 amide bonds. The minimum absolute atomic E-state index is 0.217. The summed E-state index contributed by atoms with van der Waals surface area (Å²) in [6.45, 7) is 1.78. The van der Waals surface area contributed by atoms with E-state index >= 15 is 0 Å². The van der Waals surface area contributed by atoms with Gasteiger partial charge in [-0.05, 0) is 61.3 Å². The molecule has 2 aromatic carbocycles. The van der Waals surface area contributed by atoms with E-state index in [0.717, 1.165) is 37.1 Å². The third-order valence-corrected chi connectivity index (χ3v) is 4.78. The summed E-state index contributed by atoms with van der Waals surface area (Å²) in [6, 6.07) is 13.0. The molecule has 4 nitrogen and oxygen atoms in total. The molecule has 1 aliphatic heterocycles. The second-order valence-electron chi connectivity index (χ2n) is 6.62. The summed E-state index contributed by atoms with van der Waals surface area (Å²) in [5.74, 6) is 0.550. The lowest BCUT2D eigenvalue weighted by atomic mass is 10.1. The number of aromatic nitrogens is 2. The van der Waals surface area contributed by atoms with Gasteiger partial charge in [0.1, 0.15) is 11.6 Å². The van der Waals surface area contributed by atoms with Crippen LogP contribution in [0.15, 0.2) is 53.1 Å². The van der Waals surface area contributed by atoms with E-state index in [4.69, 9.17) is 4.52 Å². The van der Waals surface area contributed by atoms with Crippen LogP contribution in [0.5, 0.6) is 0 Å². The molecule has 6 heteroatoms. The van der Waals surface area contributed by atoms with Crippen molar-refractivity contribution in [3.63, 3.8) is 0 Å². The summed E-state index contributed by atoms with van der Waals surface area (Å²) in [5, 5.41) is 4.01. The number of halogens is 2. The molecule has 1 atom stereocenters. The Bertz CT molecular complexity index is 862. The normalized spacial score (nSPS) is 17.7. The van der Waals surface area contributed by atoms with Gasteiger partial charge in [0, 0.05) is 24.6 Å². The summed E-state index contributed by atoms with van der Waals surface area (Å²) in [6.07, 6.45) is 2.86. The number of rotatable bonds is 5. The molecule has 1 fully saturated rings. The lowest BCUT2D eigenvalue weighted by Gasteiger charge is -2.23. The zero-order valence-electron chi connectivity index (χ0n) is 14.2. The molecule has 0 saturated carbocycles. The first-order valence-electron chi connectivity index (χ1n) is 8.74. The minimum Gasteiger partial charge on any atom is -0.339 e. The largest absolute Gasteiger partial charge is 0.339 e. The molecule has 0 aliphatic carbocycles. The molecule has 2 heterocycles. The summed E-state index contributed by atoms with van der Waals surface area (Å²) < 4.78 is 31.5. The molecule has 1 unspecified atom stereocenters. The summed E-state index contributed by atoms with van der Waals surface area (Å²) in [4.78, 5) is 6.82. The molecular weight excluding hydrogens is 336 g/mol. The smallest absolute Gasteiger partial charge is 0.228 e. The van der Waals surface area contributed by atoms with Crippen LogP contribution in [-0.2, 0) is 13.0 Å². The number of benzene rings is 2. The third kappa shape index (κ3) is 3.80. The van der Waals surface area contributed by atoms with Gasteiger partial charge in [0.25, 0.3) is 0 Å². The maximum atomic E-state index is 13.1. The Morgan fingerprint density at radius 1 is 1.00 bits per heavy atom. The molecular formula is C20H19F2N3O. The average Bonchev–Trinajstić information content (AvgIpc) is 3.28. The third-order valence-electron chi connectivity index (χ3n) is 4.78. The highest BCUT2D eigenvalue weighted by molar-refractivity contribution is 5.53. The Balaban J connectivity index is 1.43. The first-order valence-corrected chi connectivity index (χ1v) is 8.74. The second kappa shape index (κ2) is 7.33. The summed E-state index contributed by atoms with van der Waals surface area (Å²) in [7, 11) is 0. The molecule has 0 radical (unpaired) electrons. The topological polar surface area (TPSA) is 42.2 Å². The van der Waals surface area contributed by atoms with Gasteiger partial charge in [-0.3, -0.25) is 4.90 Å². The SMILES string of the molecule is Fc1ccc(CN2CCCC2Cc2nc(-c3ccc(F)cc3)no2)cc1. The fraction of sp³-hybridized carbons (Fsp3) is 0.300. The molecule has 0 spiro atoms. The Hall–Kier alpha value is -2.60. The maximum absolute atomic E-state index is 13.1. The van der Waals surface area contributed by atoms with E-state index in [2.05, 4.69) is 15.0 Å². The van der Waals surface area contributed by atoms with E-state index in [1.165, 1.54) is 24.3 Å². The van der Waals surface area contributed by atoms with E-state index in [1.54, 1.807) is 12.1 Å². The summed E-state index contributed by atoms with van der Waals surface area (Å²) in [5.41, 5.74) is 1.83. The van der Waals surface area contributed by atoms with Gasteiger partial charge in [-0.25, -0.2) is 8.78 Å². The second-order valence-corrected chi connectivity index (χ2v) is 6.62. The molecule has 26 heavy (non-hydrogen) atoms. The molecule has 0 N–H and O–H groups in total. The Morgan fingerprint density at radius 2 is 1.69 bits per heavy atom. The van der Waals surface area contributed by atoms with Crippen molar-refractivity contribution in [3.05, 3.63) is 71.6 Å². The van der Waals surface area contributed by atoms with Crippen molar-refractivity contribution in [2.24, 2.45) is 0 Å². The Morgan fingerprint density at radius 3 is 2.42 bits per heavy atom. The van der Waals surface area contributed by atoms with Gasteiger partial charge in [-0.15, -0.1) is 0 Å². The van der Waals surface area contributed by atoms with E-state index in [9.17, 15) is 8.78 Å². The van der Waals surface area contributed by atoms with E-state index in [1.807, 2.05) is 12.1 Å². The highest BCUT2D eigenvalue weighted by Gasteiger charge is 2.26. The van der Waals surface area contributed by atoms with Crippen molar-refractivity contribution in [3.8, 4) is 11.4 Å². The first kappa shape index (κ1) is 16.8. The highest BCUT2D eigenvalue weighted by Crippen LogP contribution is 2.24. The average molecular weight is 355 g/mol. The van der Waals surface area contributed by atoms with E-state index in [-0.39, 0.29) is 11.6 Å².